The van der Waals surface area contributed by atoms with Gasteiger partial charge in [0.1, 0.15) is 18.1 Å². The summed E-state index contributed by atoms with van der Waals surface area (Å²) in [6.07, 6.45) is -3.98. The molecular weight excluding hydrogens is 418 g/mol. The van der Waals surface area contributed by atoms with E-state index in [9.17, 15) is 27.2 Å². The second-order valence-corrected chi connectivity index (χ2v) is 6.73. The third-order valence-corrected chi connectivity index (χ3v) is 4.39. The molecule has 0 fully saturated rings. The van der Waals surface area contributed by atoms with E-state index in [1.54, 1.807) is 12.4 Å². The fourth-order valence-corrected chi connectivity index (χ4v) is 2.65. The van der Waals surface area contributed by atoms with Gasteiger partial charge < -0.3 is 20.7 Å². The maximum absolute atomic E-state index is 14.1. The Morgan fingerprint density at radius 3 is 2.35 bits per heavy atom. The summed E-state index contributed by atoms with van der Waals surface area (Å²) in [5.74, 6) is -1.47. The fourth-order valence-electron chi connectivity index (χ4n) is 2.65. The van der Waals surface area contributed by atoms with Crippen LogP contribution in [0.5, 0.6) is 5.75 Å². The Bertz CT molecular complexity index is 915. The first-order valence-electron chi connectivity index (χ1n) is 9.37. The van der Waals surface area contributed by atoms with Gasteiger partial charge in [0.25, 0.3) is 5.91 Å². The van der Waals surface area contributed by atoms with Gasteiger partial charge in [0, 0.05) is 23.4 Å². The van der Waals surface area contributed by atoms with E-state index >= 15 is 0 Å². The lowest BCUT2D eigenvalue weighted by Gasteiger charge is -2.14. The van der Waals surface area contributed by atoms with E-state index in [0.717, 1.165) is 17.4 Å². The van der Waals surface area contributed by atoms with Crippen LogP contribution in [-0.2, 0) is 11.2 Å². The van der Waals surface area contributed by atoms with E-state index in [0.29, 0.717) is 13.0 Å². The highest BCUT2D eigenvalue weighted by Gasteiger charge is 2.28. The quantitative estimate of drug-likeness (QED) is 0.523. The molecule has 3 N–H and O–H groups in total. The van der Waals surface area contributed by atoms with Gasteiger partial charge in [-0.1, -0.05) is 12.1 Å². The van der Waals surface area contributed by atoms with Crippen molar-refractivity contribution in [1.82, 2.24) is 10.6 Å². The van der Waals surface area contributed by atoms with Crippen LogP contribution in [0.3, 0.4) is 0 Å². The molecule has 0 bridgehead atoms. The summed E-state index contributed by atoms with van der Waals surface area (Å²) in [4.78, 5) is 23.9. The highest BCUT2D eigenvalue weighted by molar-refractivity contribution is 5.95. The monoisotopic (exact) mass is 441 g/mol. The number of anilines is 1. The predicted octanol–water partition coefficient (Wildman–Crippen LogP) is 3.21. The summed E-state index contributed by atoms with van der Waals surface area (Å²) < 4.78 is 55.9. The Labute approximate surface area is 177 Å². The van der Waals surface area contributed by atoms with Gasteiger partial charge >= 0.3 is 6.18 Å². The van der Waals surface area contributed by atoms with Crippen molar-refractivity contribution in [3.8, 4) is 5.75 Å². The lowest BCUT2D eigenvalue weighted by Crippen LogP contribution is -2.34. The average Bonchev–Trinajstić information content (AvgIpc) is 2.72. The number of amides is 2. The third-order valence-electron chi connectivity index (χ3n) is 4.39. The molecule has 10 heteroatoms. The Kier molecular flexibility index (Phi) is 8.23. The fraction of sp³-hybridized carbons (Fsp3) is 0.333. The van der Waals surface area contributed by atoms with Gasteiger partial charge in [0.05, 0.1) is 13.7 Å². The molecule has 0 heterocycles. The zero-order valence-corrected chi connectivity index (χ0v) is 17.0. The standard InChI is InChI=1S/C21H23F4N3O3/c1-13-17(22)9-15(20(30)28-12-21(23,24)25)10-18(13)27-11-19(29)26-8-7-14-3-5-16(31-2)6-4-14/h3-6,9-10,27H,7-8,11-12H2,1-2H3,(H,26,29)(H,28,30). The number of hydrogen-bond donors (Lipinski definition) is 3. The molecule has 2 rings (SSSR count). The van der Waals surface area contributed by atoms with Crippen LogP contribution < -0.4 is 20.7 Å². The number of methoxy groups -OCH3 is 1. The number of ether oxygens (including phenoxy) is 1. The van der Waals surface area contributed by atoms with E-state index < -0.39 is 24.4 Å². The van der Waals surface area contributed by atoms with Crippen LogP contribution in [0.25, 0.3) is 0 Å². The Morgan fingerprint density at radius 1 is 1.06 bits per heavy atom. The summed E-state index contributed by atoms with van der Waals surface area (Å²) >= 11 is 0. The zero-order valence-electron chi connectivity index (χ0n) is 17.0. The summed E-state index contributed by atoms with van der Waals surface area (Å²) in [6.45, 7) is 0.0773. The van der Waals surface area contributed by atoms with Crippen molar-refractivity contribution in [2.45, 2.75) is 19.5 Å². The molecule has 0 aliphatic heterocycles. The minimum absolute atomic E-state index is 0.137. The number of halogens is 4. The minimum Gasteiger partial charge on any atom is -0.497 e. The molecule has 2 amide bonds. The number of carbonyl (C=O) groups is 2. The Hall–Kier alpha value is -3.30. The van der Waals surface area contributed by atoms with Gasteiger partial charge in [-0.05, 0) is 43.2 Å². The summed E-state index contributed by atoms with van der Waals surface area (Å²) in [5.41, 5.74) is 1.00. The lowest BCUT2D eigenvalue weighted by molar-refractivity contribution is -0.123. The molecular formula is C21H23F4N3O3. The highest BCUT2D eigenvalue weighted by atomic mass is 19.4. The summed E-state index contributed by atoms with van der Waals surface area (Å²) in [6, 6.07) is 9.44. The normalized spacial score (nSPS) is 11.0. The zero-order chi connectivity index (χ0) is 23.0. The summed E-state index contributed by atoms with van der Waals surface area (Å²) in [7, 11) is 1.57. The molecule has 0 spiro atoms. The van der Waals surface area contributed by atoms with Crippen LogP contribution in [0.4, 0.5) is 23.2 Å². The van der Waals surface area contributed by atoms with Gasteiger partial charge in [-0.25, -0.2) is 4.39 Å². The molecule has 0 unspecified atom stereocenters. The van der Waals surface area contributed by atoms with Crippen molar-refractivity contribution in [3.63, 3.8) is 0 Å². The van der Waals surface area contributed by atoms with Crippen molar-refractivity contribution in [2.75, 3.05) is 32.1 Å². The van der Waals surface area contributed by atoms with E-state index in [1.165, 1.54) is 13.0 Å². The van der Waals surface area contributed by atoms with E-state index in [4.69, 9.17) is 4.74 Å². The number of alkyl halides is 3. The van der Waals surface area contributed by atoms with Gasteiger partial charge in [-0.2, -0.15) is 13.2 Å². The highest BCUT2D eigenvalue weighted by Crippen LogP contribution is 2.21. The second-order valence-electron chi connectivity index (χ2n) is 6.73. The molecule has 31 heavy (non-hydrogen) atoms. The van der Waals surface area contributed by atoms with Crippen molar-refractivity contribution < 1.29 is 31.9 Å². The molecule has 0 radical (unpaired) electrons. The van der Waals surface area contributed by atoms with Gasteiger partial charge in [0.2, 0.25) is 5.91 Å². The molecule has 2 aromatic carbocycles. The Morgan fingerprint density at radius 2 is 1.74 bits per heavy atom. The van der Waals surface area contributed by atoms with E-state index in [-0.39, 0.29) is 29.3 Å². The number of nitrogens with one attached hydrogen (secondary N) is 3. The largest absolute Gasteiger partial charge is 0.497 e. The molecule has 6 nitrogen and oxygen atoms in total. The second kappa shape index (κ2) is 10.6. The maximum atomic E-state index is 14.1. The van der Waals surface area contributed by atoms with Crippen LogP contribution in [0, 0.1) is 12.7 Å². The van der Waals surface area contributed by atoms with Crippen LogP contribution in [-0.4, -0.2) is 44.7 Å². The predicted molar refractivity (Wildman–Crippen MR) is 108 cm³/mol. The Balaban J connectivity index is 1.88. The summed E-state index contributed by atoms with van der Waals surface area (Å²) in [5, 5.41) is 7.10. The lowest BCUT2D eigenvalue weighted by atomic mass is 10.1. The molecule has 168 valence electrons. The van der Waals surface area contributed by atoms with Crippen molar-refractivity contribution in [2.24, 2.45) is 0 Å². The number of hydrogen-bond acceptors (Lipinski definition) is 4. The number of benzene rings is 2. The van der Waals surface area contributed by atoms with E-state index in [2.05, 4.69) is 10.6 Å². The molecule has 0 saturated carbocycles. The first-order chi connectivity index (χ1) is 14.6. The molecule has 0 aromatic heterocycles. The van der Waals surface area contributed by atoms with Crippen molar-refractivity contribution in [3.05, 3.63) is 58.9 Å². The molecule has 2 aromatic rings. The topological polar surface area (TPSA) is 79.5 Å². The molecule has 0 aliphatic rings. The first kappa shape index (κ1) is 24.0. The van der Waals surface area contributed by atoms with Crippen LogP contribution in [0.15, 0.2) is 36.4 Å². The van der Waals surface area contributed by atoms with Gasteiger partial charge in [-0.15, -0.1) is 0 Å². The van der Waals surface area contributed by atoms with Crippen molar-refractivity contribution >= 4 is 17.5 Å². The molecule has 0 atom stereocenters. The first-order valence-corrected chi connectivity index (χ1v) is 9.37. The van der Waals surface area contributed by atoms with Gasteiger partial charge in [0.15, 0.2) is 0 Å². The smallest absolute Gasteiger partial charge is 0.405 e. The number of rotatable bonds is 9. The third kappa shape index (κ3) is 7.80. The molecule has 0 aliphatic carbocycles. The number of carbonyl (C=O) groups excluding carboxylic acids is 2. The minimum atomic E-state index is -4.58. The van der Waals surface area contributed by atoms with Crippen molar-refractivity contribution in [1.29, 1.82) is 0 Å². The SMILES string of the molecule is COc1ccc(CCNC(=O)CNc2cc(C(=O)NCC(F)(F)F)cc(F)c2C)cc1. The maximum Gasteiger partial charge on any atom is 0.405 e. The average molecular weight is 441 g/mol. The van der Waals surface area contributed by atoms with Gasteiger partial charge in [-0.3, -0.25) is 9.59 Å². The molecule has 0 saturated heterocycles. The van der Waals surface area contributed by atoms with Crippen LogP contribution in [0.2, 0.25) is 0 Å². The van der Waals surface area contributed by atoms with Crippen LogP contribution >= 0.6 is 0 Å². The van der Waals surface area contributed by atoms with E-state index in [1.807, 2.05) is 24.3 Å². The van der Waals surface area contributed by atoms with Crippen LogP contribution in [0.1, 0.15) is 21.5 Å².